The average Bonchev–Trinajstić information content (AvgIpc) is 2.33. The zero-order chi connectivity index (χ0) is 8.27. The second kappa shape index (κ2) is 3.73. The maximum absolute atomic E-state index is 8.56. The minimum absolute atomic E-state index is 0.634. The largest absolute Gasteiger partial charge is 0.303 e. The minimum atomic E-state index is 0.634. The molecule has 62 valence electrons. The van der Waals surface area contributed by atoms with Crippen LogP contribution in [0.1, 0.15) is 26.2 Å². The standard InChI is InChI=1S/C9H16N2/c1-3-9-8(4-6-10)5-7-11(9)2/h8-9H,3-5,7H2,1-2H3. The van der Waals surface area contributed by atoms with Gasteiger partial charge >= 0.3 is 0 Å². The number of hydrogen-bond acceptors (Lipinski definition) is 2. The Morgan fingerprint density at radius 3 is 2.91 bits per heavy atom. The molecule has 0 N–H and O–H groups in total. The van der Waals surface area contributed by atoms with E-state index in [1.165, 1.54) is 19.4 Å². The van der Waals surface area contributed by atoms with E-state index in [4.69, 9.17) is 5.26 Å². The van der Waals surface area contributed by atoms with E-state index < -0.39 is 0 Å². The molecular formula is C9H16N2. The number of likely N-dealkylation sites (tertiary alicyclic amines) is 1. The first kappa shape index (κ1) is 8.55. The van der Waals surface area contributed by atoms with Crippen LogP contribution in [0.15, 0.2) is 0 Å². The molecule has 0 aliphatic carbocycles. The Morgan fingerprint density at radius 2 is 2.36 bits per heavy atom. The Hall–Kier alpha value is -0.550. The van der Waals surface area contributed by atoms with E-state index >= 15 is 0 Å². The van der Waals surface area contributed by atoms with Gasteiger partial charge in [-0.15, -0.1) is 0 Å². The molecule has 1 heterocycles. The maximum atomic E-state index is 8.56. The summed E-state index contributed by atoms with van der Waals surface area (Å²) < 4.78 is 0. The highest BCUT2D eigenvalue weighted by Gasteiger charge is 2.29. The predicted octanol–water partition coefficient (Wildman–Crippen LogP) is 1.63. The van der Waals surface area contributed by atoms with Crippen LogP contribution in [0.25, 0.3) is 0 Å². The summed E-state index contributed by atoms with van der Waals surface area (Å²) in [6, 6.07) is 2.93. The molecule has 0 radical (unpaired) electrons. The van der Waals surface area contributed by atoms with Crippen LogP contribution < -0.4 is 0 Å². The van der Waals surface area contributed by atoms with Crippen LogP contribution in [0.4, 0.5) is 0 Å². The van der Waals surface area contributed by atoms with Crippen molar-refractivity contribution in [2.24, 2.45) is 5.92 Å². The van der Waals surface area contributed by atoms with Crippen LogP contribution >= 0.6 is 0 Å². The fourth-order valence-corrected chi connectivity index (χ4v) is 2.09. The summed E-state index contributed by atoms with van der Waals surface area (Å²) in [6.45, 7) is 3.38. The topological polar surface area (TPSA) is 27.0 Å². The third-order valence-electron chi connectivity index (χ3n) is 2.73. The summed E-state index contributed by atoms with van der Waals surface area (Å²) in [5.41, 5.74) is 0. The smallest absolute Gasteiger partial charge is 0.0625 e. The summed E-state index contributed by atoms with van der Waals surface area (Å²) >= 11 is 0. The van der Waals surface area contributed by atoms with Gasteiger partial charge in [-0.05, 0) is 32.4 Å². The molecular weight excluding hydrogens is 136 g/mol. The van der Waals surface area contributed by atoms with Gasteiger partial charge in [0.2, 0.25) is 0 Å². The number of nitriles is 1. The lowest BCUT2D eigenvalue weighted by molar-refractivity contribution is 0.265. The van der Waals surface area contributed by atoms with Gasteiger partial charge in [0.15, 0.2) is 0 Å². The van der Waals surface area contributed by atoms with Crippen molar-refractivity contribution in [2.45, 2.75) is 32.2 Å². The highest BCUT2D eigenvalue weighted by molar-refractivity contribution is 4.89. The van der Waals surface area contributed by atoms with Crippen molar-refractivity contribution >= 4 is 0 Å². The third-order valence-corrected chi connectivity index (χ3v) is 2.73. The van der Waals surface area contributed by atoms with Crippen LogP contribution in [0.3, 0.4) is 0 Å². The molecule has 0 bridgehead atoms. The molecule has 1 rings (SSSR count). The van der Waals surface area contributed by atoms with Crippen molar-refractivity contribution in [3.63, 3.8) is 0 Å². The molecule has 11 heavy (non-hydrogen) atoms. The zero-order valence-electron chi connectivity index (χ0n) is 7.38. The van der Waals surface area contributed by atoms with Crippen LogP contribution in [0.5, 0.6) is 0 Å². The van der Waals surface area contributed by atoms with Crippen molar-refractivity contribution in [3.8, 4) is 6.07 Å². The summed E-state index contributed by atoms with van der Waals surface area (Å²) in [4.78, 5) is 2.38. The predicted molar refractivity (Wildman–Crippen MR) is 45.0 cm³/mol. The first-order chi connectivity index (χ1) is 5.29. The fraction of sp³-hybridized carbons (Fsp3) is 0.889. The maximum Gasteiger partial charge on any atom is 0.0625 e. The molecule has 0 aromatic heterocycles. The molecule has 0 amide bonds. The minimum Gasteiger partial charge on any atom is -0.303 e. The molecule has 2 atom stereocenters. The highest BCUT2D eigenvalue weighted by atomic mass is 15.2. The van der Waals surface area contributed by atoms with Crippen molar-refractivity contribution in [3.05, 3.63) is 0 Å². The monoisotopic (exact) mass is 152 g/mol. The van der Waals surface area contributed by atoms with Crippen LogP contribution in [-0.4, -0.2) is 24.5 Å². The SMILES string of the molecule is CCC1C(CC#N)CCN1C. The molecule has 0 saturated carbocycles. The molecule has 0 aromatic rings. The summed E-state index contributed by atoms with van der Waals surface area (Å²) in [6.07, 6.45) is 3.13. The Kier molecular flexibility index (Phi) is 2.90. The lowest BCUT2D eigenvalue weighted by Crippen LogP contribution is -2.28. The second-order valence-corrected chi connectivity index (χ2v) is 3.37. The second-order valence-electron chi connectivity index (χ2n) is 3.37. The van der Waals surface area contributed by atoms with E-state index in [1.807, 2.05) is 0 Å². The molecule has 1 fully saturated rings. The van der Waals surface area contributed by atoms with Crippen LogP contribution in [-0.2, 0) is 0 Å². The lowest BCUT2D eigenvalue weighted by atomic mass is 9.96. The number of hydrogen-bond donors (Lipinski definition) is 0. The molecule has 1 aliphatic heterocycles. The van der Waals surface area contributed by atoms with Gasteiger partial charge in [-0.2, -0.15) is 5.26 Å². The van der Waals surface area contributed by atoms with E-state index in [1.54, 1.807) is 0 Å². The van der Waals surface area contributed by atoms with Crippen LogP contribution in [0, 0.1) is 17.2 Å². The van der Waals surface area contributed by atoms with Crippen molar-refractivity contribution in [2.75, 3.05) is 13.6 Å². The van der Waals surface area contributed by atoms with E-state index in [2.05, 4.69) is 24.9 Å². The molecule has 0 spiro atoms. The van der Waals surface area contributed by atoms with Gasteiger partial charge in [-0.25, -0.2) is 0 Å². The fourth-order valence-electron chi connectivity index (χ4n) is 2.09. The van der Waals surface area contributed by atoms with Crippen LogP contribution in [0.2, 0.25) is 0 Å². The Labute approximate surface area is 68.8 Å². The normalized spacial score (nSPS) is 32.1. The third kappa shape index (κ3) is 1.72. The summed E-state index contributed by atoms with van der Waals surface area (Å²) in [5.74, 6) is 0.634. The van der Waals surface area contributed by atoms with E-state index in [0.29, 0.717) is 12.0 Å². The molecule has 2 nitrogen and oxygen atoms in total. The first-order valence-electron chi connectivity index (χ1n) is 4.36. The van der Waals surface area contributed by atoms with Gasteiger partial charge in [0.1, 0.15) is 0 Å². The van der Waals surface area contributed by atoms with Crippen molar-refractivity contribution in [1.82, 2.24) is 4.90 Å². The van der Waals surface area contributed by atoms with Gasteiger partial charge in [0, 0.05) is 12.5 Å². The Morgan fingerprint density at radius 1 is 1.64 bits per heavy atom. The van der Waals surface area contributed by atoms with Gasteiger partial charge in [-0.3, -0.25) is 0 Å². The zero-order valence-corrected chi connectivity index (χ0v) is 7.38. The van der Waals surface area contributed by atoms with Gasteiger partial charge < -0.3 is 4.90 Å². The van der Waals surface area contributed by atoms with Crippen molar-refractivity contribution in [1.29, 1.82) is 5.26 Å². The van der Waals surface area contributed by atoms with E-state index in [0.717, 1.165) is 6.42 Å². The first-order valence-corrected chi connectivity index (χ1v) is 4.36. The van der Waals surface area contributed by atoms with Gasteiger partial charge in [0.25, 0.3) is 0 Å². The Balaban J connectivity index is 2.48. The molecule has 1 saturated heterocycles. The van der Waals surface area contributed by atoms with Gasteiger partial charge in [0.05, 0.1) is 6.07 Å². The summed E-state index contributed by atoms with van der Waals surface area (Å²) in [7, 11) is 2.16. The molecule has 2 unspecified atom stereocenters. The van der Waals surface area contributed by atoms with Gasteiger partial charge in [-0.1, -0.05) is 6.92 Å². The Bertz CT molecular complexity index is 159. The highest BCUT2D eigenvalue weighted by Crippen LogP contribution is 2.27. The molecule has 2 heteroatoms. The number of rotatable bonds is 2. The summed E-state index contributed by atoms with van der Waals surface area (Å²) in [5, 5.41) is 8.56. The number of nitrogens with zero attached hydrogens (tertiary/aromatic N) is 2. The molecule has 1 aliphatic rings. The average molecular weight is 152 g/mol. The quantitative estimate of drug-likeness (QED) is 0.601. The molecule has 0 aromatic carbocycles. The van der Waals surface area contributed by atoms with E-state index in [-0.39, 0.29) is 0 Å². The van der Waals surface area contributed by atoms with Crippen molar-refractivity contribution < 1.29 is 0 Å². The van der Waals surface area contributed by atoms with E-state index in [9.17, 15) is 0 Å². The lowest BCUT2D eigenvalue weighted by Gasteiger charge is -2.21.